The second-order valence-electron chi connectivity index (χ2n) is 4.14. The van der Waals surface area contributed by atoms with Gasteiger partial charge in [-0.3, -0.25) is 4.79 Å². The van der Waals surface area contributed by atoms with Gasteiger partial charge in [-0.1, -0.05) is 11.3 Å². The van der Waals surface area contributed by atoms with Crippen LogP contribution < -0.4 is 21.7 Å². The Kier molecular flexibility index (Phi) is 3.49. The molecule has 94 valence electrons. The van der Waals surface area contributed by atoms with Crippen LogP contribution >= 0.6 is 11.3 Å². The van der Waals surface area contributed by atoms with Crippen LogP contribution in [0.15, 0.2) is 0 Å². The molecule has 0 bridgehead atoms. The number of anilines is 2. The van der Waals surface area contributed by atoms with Crippen molar-refractivity contribution in [3.63, 3.8) is 0 Å². The summed E-state index contributed by atoms with van der Waals surface area (Å²) in [6, 6.07) is 0.178. The molecule has 5 N–H and O–H groups in total. The zero-order valence-corrected chi connectivity index (χ0v) is 10.6. The maximum Gasteiger partial charge on any atom is 0.265 e. The Bertz CT molecular complexity index is 419. The van der Waals surface area contributed by atoms with Gasteiger partial charge in [-0.2, -0.15) is 0 Å². The minimum absolute atomic E-state index is 0.178. The topological polar surface area (TPSA) is 97.3 Å². The summed E-state index contributed by atoms with van der Waals surface area (Å²) in [5.41, 5.74) is 11.7. The fourth-order valence-electron chi connectivity index (χ4n) is 1.92. The first-order valence-electron chi connectivity index (χ1n) is 5.60. The molecule has 0 aromatic carbocycles. The zero-order valence-electron chi connectivity index (χ0n) is 9.77. The number of aromatic nitrogens is 1. The molecule has 2 heterocycles. The van der Waals surface area contributed by atoms with Gasteiger partial charge in [0.2, 0.25) is 0 Å². The van der Waals surface area contributed by atoms with E-state index < -0.39 is 0 Å². The van der Waals surface area contributed by atoms with Crippen molar-refractivity contribution in [2.75, 3.05) is 30.8 Å². The molecule has 0 aliphatic carbocycles. The van der Waals surface area contributed by atoms with Crippen molar-refractivity contribution < 1.29 is 4.79 Å². The summed E-state index contributed by atoms with van der Waals surface area (Å²) in [7, 11) is 1.58. The second-order valence-corrected chi connectivity index (χ2v) is 5.12. The molecule has 1 fully saturated rings. The Morgan fingerprint density at radius 1 is 1.65 bits per heavy atom. The lowest BCUT2D eigenvalue weighted by atomic mass is 10.1. The van der Waals surface area contributed by atoms with Crippen molar-refractivity contribution in [3.8, 4) is 0 Å². The average Bonchev–Trinajstić information content (AvgIpc) is 2.70. The van der Waals surface area contributed by atoms with Gasteiger partial charge in [0.05, 0.1) is 0 Å². The van der Waals surface area contributed by atoms with E-state index in [9.17, 15) is 4.79 Å². The van der Waals surface area contributed by atoms with Crippen LogP contribution in [-0.2, 0) is 0 Å². The Morgan fingerprint density at radius 3 is 3.06 bits per heavy atom. The lowest BCUT2D eigenvalue weighted by Gasteiger charge is -2.30. The Balaban J connectivity index is 2.19. The average molecular weight is 255 g/mol. The lowest BCUT2D eigenvalue weighted by molar-refractivity contribution is 0.0968. The van der Waals surface area contributed by atoms with Crippen LogP contribution in [0.25, 0.3) is 0 Å². The minimum Gasteiger partial charge on any atom is -0.382 e. The highest BCUT2D eigenvalue weighted by Crippen LogP contribution is 2.29. The molecule has 7 heteroatoms. The second kappa shape index (κ2) is 4.89. The summed E-state index contributed by atoms with van der Waals surface area (Å²) < 4.78 is 0. The van der Waals surface area contributed by atoms with Crippen molar-refractivity contribution >= 4 is 28.2 Å². The first-order chi connectivity index (χ1) is 8.11. The summed E-state index contributed by atoms with van der Waals surface area (Å²) in [5.74, 6) is 0.107. The number of nitrogens with two attached hydrogens (primary N) is 2. The molecular weight excluding hydrogens is 238 g/mol. The number of amides is 1. The molecule has 1 saturated heterocycles. The Labute approximate surface area is 104 Å². The van der Waals surface area contributed by atoms with Crippen molar-refractivity contribution in [3.05, 3.63) is 4.88 Å². The highest BCUT2D eigenvalue weighted by molar-refractivity contribution is 7.18. The normalized spacial score (nSPS) is 20.4. The first-order valence-corrected chi connectivity index (χ1v) is 6.42. The van der Waals surface area contributed by atoms with E-state index in [0.717, 1.165) is 31.1 Å². The number of carbonyl (C=O) groups is 1. The molecule has 1 aliphatic rings. The van der Waals surface area contributed by atoms with Gasteiger partial charge >= 0.3 is 0 Å². The molecule has 0 spiro atoms. The Hall–Kier alpha value is -1.34. The highest BCUT2D eigenvalue weighted by atomic mass is 32.1. The molecule has 1 aromatic rings. The lowest BCUT2D eigenvalue weighted by Crippen LogP contribution is -2.42. The summed E-state index contributed by atoms with van der Waals surface area (Å²) in [5, 5.41) is 3.34. The molecule has 0 saturated carbocycles. The number of hydrogen-bond acceptors (Lipinski definition) is 6. The van der Waals surface area contributed by atoms with E-state index in [1.807, 2.05) is 0 Å². The van der Waals surface area contributed by atoms with E-state index in [1.165, 1.54) is 11.3 Å². The van der Waals surface area contributed by atoms with Crippen molar-refractivity contribution in [1.82, 2.24) is 10.3 Å². The number of piperidine rings is 1. The van der Waals surface area contributed by atoms with Gasteiger partial charge in [-0.15, -0.1) is 0 Å². The number of nitrogens with one attached hydrogen (secondary N) is 1. The first kappa shape index (κ1) is 12.1. The molecule has 0 radical (unpaired) electrons. The van der Waals surface area contributed by atoms with Crippen LogP contribution in [-0.4, -0.2) is 37.1 Å². The molecule has 2 rings (SSSR count). The van der Waals surface area contributed by atoms with Crippen molar-refractivity contribution in [2.45, 2.75) is 18.9 Å². The number of thiazole rings is 1. The summed E-state index contributed by atoms with van der Waals surface area (Å²) >= 11 is 1.32. The maximum atomic E-state index is 11.5. The third-order valence-electron chi connectivity index (χ3n) is 2.80. The van der Waals surface area contributed by atoms with E-state index in [4.69, 9.17) is 11.5 Å². The molecule has 17 heavy (non-hydrogen) atoms. The van der Waals surface area contributed by atoms with Crippen molar-refractivity contribution in [2.24, 2.45) is 5.73 Å². The smallest absolute Gasteiger partial charge is 0.265 e. The van der Waals surface area contributed by atoms with E-state index in [0.29, 0.717) is 10.7 Å². The minimum atomic E-state index is -0.187. The van der Waals surface area contributed by atoms with Crippen LogP contribution in [0.2, 0.25) is 0 Å². The molecular formula is C10H17N5OS. The summed E-state index contributed by atoms with van der Waals surface area (Å²) in [6.45, 7) is 1.70. The molecule has 1 atom stereocenters. The van der Waals surface area contributed by atoms with Crippen LogP contribution in [0.3, 0.4) is 0 Å². The third-order valence-corrected chi connectivity index (χ3v) is 3.93. The molecule has 1 aromatic heterocycles. The SMILES string of the molecule is CNC(=O)c1sc(N2CCCC(N)C2)nc1N. The van der Waals surface area contributed by atoms with Gasteiger partial charge in [0, 0.05) is 26.2 Å². The van der Waals surface area contributed by atoms with E-state index >= 15 is 0 Å². The largest absolute Gasteiger partial charge is 0.382 e. The molecule has 1 amide bonds. The number of hydrogen-bond donors (Lipinski definition) is 3. The summed E-state index contributed by atoms with van der Waals surface area (Å²) in [6.07, 6.45) is 2.09. The van der Waals surface area contributed by atoms with E-state index in [2.05, 4.69) is 15.2 Å². The monoisotopic (exact) mass is 255 g/mol. The van der Waals surface area contributed by atoms with Gasteiger partial charge < -0.3 is 21.7 Å². The quantitative estimate of drug-likeness (QED) is 0.692. The Morgan fingerprint density at radius 2 is 2.41 bits per heavy atom. The van der Waals surface area contributed by atoms with Crippen molar-refractivity contribution in [1.29, 1.82) is 0 Å². The fraction of sp³-hybridized carbons (Fsp3) is 0.600. The van der Waals surface area contributed by atoms with Crippen LogP contribution in [0.5, 0.6) is 0 Å². The molecule has 6 nitrogen and oxygen atoms in total. The predicted molar refractivity (Wildman–Crippen MR) is 69.3 cm³/mol. The number of carbonyl (C=O) groups excluding carboxylic acids is 1. The van der Waals surface area contributed by atoms with E-state index in [-0.39, 0.29) is 11.9 Å². The zero-order chi connectivity index (χ0) is 12.4. The van der Waals surface area contributed by atoms with Gasteiger partial charge in [0.1, 0.15) is 10.7 Å². The third kappa shape index (κ3) is 2.50. The van der Waals surface area contributed by atoms with Gasteiger partial charge in [-0.05, 0) is 12.8 Å². The summed E-state index contributed by atoms with van der Waals surface area (Å²) in [4.78, 5) is 18.3. The molecule has 1 unspecified atom stereocenters. The maximum absolute atomic E-state index is 11.5. The highest BCUT2D eigenvalue weighted by Gasteiger charge is 2.22. The standard InChI is InChI=1S/C10H17N5OS/c1-13-9(16)7-8(12)14-10(17-7)15-4-2-3-6(11)5-15/h6H,2-5,11-12H2,1H3,(H,13,16). The van der Waals surface area contributed by atoms with Gasteiger partial charge in [0.25, 0.3) is 5.91 Å². The van der Waals surface area contributed by atoms with Gasteiger partial charge in [0.15, 0.2) is 5.13 Å². The van der Waals surface area contributed by atoms with Crippen LogP contribution in [0.1, 0.15) is 22.5 Å². The van der Waals surface area contributed by atoms with Gasteiger partial charge in [-0.25, -0.2) is 4.98 Å². The number of nitrogen functional groups attached to an aromatic ring is 1. The molecule has 1 aliphatic heterocycles. The predicted octanol–water partition coefficient (Wildman–Crippen LogP) is 0.0124. The number of nitrogens with zero attached hydrogens (tertiary/aromatic N) is 2. The van der Waals surface area contributed by atoms with Crippen LogP contribution in [0.4, 0.5) is 10.9 Å². The fourth-order valence-corrected chi connectivity index (χ4v) is 2.88. The number of rotatable bonds is 2. The van der Waals surface area contributed by atoms with Crippen LogP contribution in [0, 0.1) is 0 Å². The van der Waals surface area contributed by atoms with E-state index in [1.54, 1.807) is 7.05 Å².